The van der Waals surface area contributed by atoms with Gasteiger partial charge in [0.1, 0.15) is 0 Å². The Labute approximate surface area is 106 Å². The topological polar surface area (TPSA) is 30.2 Å². The third-order valence-electron chi connectivity index (χ3n) is 3.61. The predicted molar refractivity (Wildman–Crippen MR) is 68.3 cm³/mol. The van der Waals surface area contributed by atoms with Crippen LogP contribution in [0.1, 0.15) is 37.8 Å². The molecule has 0 saturated heterocycles. The minimum Gasteiger partial charge on any atom is -0.303 e. The highest BCUT2D eigenvalue weighted by molar-refractivity contribution is 6.32. The molecule has 90 valence electrons. The minimum absolute atomic E-state index is 0.517. The first kappa shape index (κ1) is 11.0. The van der Waals surface area contributed by atoms with Crippen LogP contribution in [0.5, 0.6) is 0 Å². The van der Waals surface area contributed by atoms with E-state index in [9.17, 15) is 0 Å². The Kier molecular flexibility index (Phi) is 3.02. The van der Waals surface area contributed by atoms with Crippen LogP contribution in [0.2, 0.25) is 5.15 Å². The van der Waals surface area contributed by atoms with Gasteiger partial charge in [-0.25, -0.2) is 9.97 Å². The normalized spacial score (nSPS) is 17.7. The van der Waals surface area contributed by atoms with E-state index in [0.717, 1.165) is 23.7 Å². The number of aromatic nitrogens is 3. The summed E-state index contributed by atoms with van der Waals surface area (Å²) in [5, 5.41) is 0.517. The second kappa shape index (κ2) is 4.65. The number of imidazole rings is 1. The summed E-state index contributed by atoms with van der Waals surface area (Å²) in [6, 6.07) is 0. The lowest BCUT2D eigenvalue weighted by Crippen LogP contribution is -2.11. The molecule has 2 aromatic heterocycles. The number of halogens is 1. The van der Waals surface area contributed by atoms with Crippen LogP contribution in [0.15, 0.2) is 18.6 Å². The van der Waals surface area contributed by atoms with Crippen molar-refractivity contribution in [3.63, 3.8) is 0 Å². The molecule has 1 aliphatic carbocycles. The van der Waals surface area contributed by atoms with E-state index in [1.165, 1.54) is 32.1 Å². The lowest BCUT2D eigenvalue weighted by Gasteiger charge is -2.21. The molecule has 4 heteroatoms. The summed E-state index contributed by atoms with van der Waals surface area (Å²) in [6.07, 6.45) is 13.6. The van der Waals surface area contributed by atoms with Crippen molar-refractivity contribution in [1.29, 1.82) is 0 Å². The van der Waals surface area contributed by atoms with Gasteiger partial charge in [0.2, 0.25) is 0 Å². The standard InChI is InChI=1S/C13H16ClN3/c14-12-13-15-6-7-17(13)9-11(16-12)8-10-4-2-1-3-5-10/h6-7,9-10H,1-5,8H2. The molecule has 0 bridgehead atoms. The van der Waals surface area contributed by atoms with E-state index in [1.807, 2.05) is 10.6 Å². The molecule has 0 amide bonds. The summed E-state index contributed by atoms with van der Waals surface area (Å²) < 4.78 is 1.97. The van der Waals surface area contributed by atoms with E-state index in [0.29, 0.717) is 5.15 Å². The van der Waals surface area contributed by atoms with Crippen LogP contribution in [0.4, 0.5) is 0 Å². The van der Waals surface area contributed by atoms with Crippen LogP contribution < -0.4 is 0 Å². The smallest absolute Gasteiger partial charge is 0.174 e. The summed E-state index contributed by atoms with van der Waals surface area (Å²) in [7, 11) is 0. The molecule has 1 saturated carbocycles. The molecule has 1 aliphatic rings. The van der Waals surface area contributed by atoms with Crippen molar-refractivity contribution in [2.75, 3.05) is 0 Å². The van der Waals surface area contributed by atoms with Crippen molar-refractivity contribution in [2.24, 2.45) is 5.92 Å². The zero-order valence-corrected chi connectivity index (χ0v) is 10.5. The lowest BCUT2D eigenvalue weighted by atomic mass is 9.86. The predicted octanol–water partition coefficient (Wildman–Crippen LogP) is 3.51. The first-order valence-corrected chi connectivity index (χ1v) is 6.69. The molecule has 3 rings (SSSR count). The Morgan fingerprint density at radius 3 is 2.94 bits per heavy atom. The molecule has 1 fully saturated rings. The zero-order chi connectivity index (χ0) is 11.7. The SMILES string of the molecule is Clc1nc(CC2CCCCC2)cn2ccnc12. The molecule has 0 atom stereocenters. The van der Waals surface area contributed by atoms with Crippen molar-refractivity contribution in [3.05, 3.63) is 29.4 Å². The number of rotatable bonds is 2. The summed E-state index contributed by atoms with van der Waals surface area (Å²) in [5.74, 6) is 0.785. The van der Waals surface area contributed by atoms with Gasteiger partial charge in [-0.3, -0.25) is 0 Å². The fraction of sp³-hybridized carbons (Fsp3) is 0.538. The first-order chi connectivity index (χ1) is 8.33. The van der Waals surface area contributed by atoms with Crippen molar-refractivity contribution in [2.45, 2.75) is 38.5 Å². The molecule has 2 heterocycles. The lowest BCUT2D eigenvalue weighted by molar-refractivity contribution is 0.354. The van der Waals surface area contributed by atoms with Gasteiger partial charge in [-0.2, -0.15) is 0 Å². The fourth-order valence-corrected chi connectivity index (χ4v) is 2.98. The van der Waals surface area contributed by atoms with Crippen molar-refractivity contribution >= 4 is 17.2 Å². The second-order valence-corrected chi connectivity index (χ2v) is 5.25. The van der Waals surface area contributed by atoms with Crippen LogP contribution in [0.25, 0.3) is 5.65 Å². The molecule has 0 radical (unpaired) electrons. The van der Waals surface area contributed by atoms with Crippen LogP contribution in [-0.4, -0.2) is 14.4 Å². The van der Waals surface area contributed by atoms with Gasteiger partial charge in [0.15, 0.2) is 10.8 Å². The maximum absolute atomic E-state index is 6.13. The average Bonchev–Trinajstić information content (AvgIpc) is 2.79. The molecule has 0 aliphatic heterocycles. The summed E-state index contributed by atoms with van der Waals surface area (Å²) in [6.45, 7) is 0. The number of nitrogens with zero attached hydrogens (tertiary/aromatic N) is 3. The molecule has 17 heavy (non-hydrogen) atoms. The average molecular weight is 250 g/mol. The fourth-order valence-electron chi connectivity index (χ4n) is 2.73. The molecular weight excluding hydrogens is 234 g/mol. The summed E-state index contributed by atoms with van der Waals surface area (Å²) in [4.78, 5) is 8.62. The highest BCUT2D eigenvalue weighted by Crippen LogP contribution is 2.27. The Hall–Kier alpha value is -1.09. The molecule has 0 aromatic carbocycles. The molecular formula is C13H16ClN3. The third-order valence-corrected chi connectivity index (χ3v) is 3.86. The van der Waals surface area contributed by atoms with Gasteiger partial charge in [0.05, 0.1) is 5.69 Å². The largest absolute Gasteiger partial charge is 0.303 e. The maximum Gasteiger partial charge on any atom is 0.174 e. The van der Waals surface area contributed by atoms with Crippen LogP contribution in [0.3, 0.4) is 0 Å². The van der Waals surface area contributed by atoms with Crippen LogP contribution in [0, 0.1) is 5.92 Å². The van der Waals surface area contributed by atoms with E-state index in [2.05, 4.69) is 16.2 Å². The minimum atomic E-state index is 0.517. The number of hydrogen-bond acceptors (Lipinski definition) is 2. The van der Waals surface area contributed by atoms with Crippen LogP contribution in [-0.2, 0) is 6.42 Å². The Balaban J connectivity index is 1.84. The third kappa shape index (κ3) is 2.29. The van der Waals surface area contributed by atoms with Crippen molar-refractivity contribution in [3.8, 4) is 0 Å². The van der Waals surface area contributed by atoms with E-state index >= 15 is 0 Å². The number of fused-ring (bicyclic) bond motifs is 1. The Bertz CT molecular complexity index is 514. The summed E-state index contributed by atoms with van der Waals surface area (Å²) in [5.41, 5.74) is 1.84. The number of hydrogen-bond donors (Lipinski definition) is 0. The van der Waals surface area contributed by atoms with E-state index in [4.69, 9.17) is 11.6 Å². The van der Waals surface area contributed by atoms with E-state index in [-0.39, 0.29) is 0 Å². The van der Waals surface area contributed by atoms with E-state index < -0.39 is 0 Å². The van der Waals surface area contributed by atoms with E-state index in [1.54, 1.807) is 6.20 Å². The molecule has 0 unspecified atom stereocenters. The van der Waals surface area contributed by atoms with Gasteiger partial charge in [-0.15, -0.1) is 0 Å². The van der Waals surface area contributed by atoms with Gasteiger partial charge in [0, 0.05) is 18.6 Å². The highest BCUT2D eigenvalue weighted by atomic mass is 35.5. The monoisotopic (exact) mass is 249 g/mol. The zero-order valence-electron chi connectivity index (χ0n) is 9.77. The quantitative estimate of drug-likeness (QED) is 0.815. The molecule has 0 N–H and O–H groups in total. The second-order valence-electron chi connectivity index (χ2n) is 4.89. The van der Waals surface area contributed by atoms with Gasteiger partial charge in [0.25, 0.3) is 0 Å². The van der Waals surface area contributed by atoms with Crippen molar-refractivity contribution in [1.82, 2.24) is 14.4 Å². The molecule has 0 spiro atoms. The molecule has 2 aromatic rings. The van der Waals surface area contributed by atoms with Gasteiger partial charge < -0.3 is 4.40 Å². The van der Waals surface area contributed by atoms with Crippen molar-refractivity contribution < 1.29 is 0 Å². The Morgan fingerprint density at radius 2 is 2.12 bits per heavy atom. The van der Waals surface area contributed by atoms with Crippen LogP contribution >= 0.6 is 11.6 Å². The highest BCUT2D eigenvalue weighted by Gasteiger charge is 2.15. The molecule has 3 nitrogen and oxygen atoms in total. The van der Waals surface area contributed by atoms with Gasteiger partial charge in [-0.05, 0) is 12.3 Å². The Morgan fingerprint density at radius 1 is 1.29 bits per heavy atom. The first-order valence-electron chi connectivity index (χ1n) is 6.31. The summed E-state index contributed by atoms with van der Waals surface area (Å²) >= 11 is 6.13. The van der Waals surface area contributed by atoms with Gasteiger partial charge >= 0.3 is 0 Å². The maximum atomic E-state index is 6.13. The van der Waals surface area contributed by atoms with Gasteiger partial charge in [-0.1, -0.05) is 43.7 Å².